The third-order valence-electron chi connectivity index (χ3n) is 5.64. The molecule has 4 heterocycles. The summed E-state index contributed by atoms with van der Waals surface area (Å²) in [7, 11) is 1.82. The Kier molecular flexibility index (Phi) is 4.89. The summed E-state index contributed by atoms with van der Waals surface area (Å²) in [6, 6.07) is 10.6. The highest BCUT2D eigenvalue weighted by Gasteiger charge is 2.30. The molecule has 0 aliphatic carbocycles. The minimum atomic E-state index is -4.21. The maximum atomic E-state index is 12.4. The van der Waals surface area contributed by atoms with Crippen molar-refractivity contribution in [2.45, 2.75) is 18.6 Å². The summed E-state index contributed by atoms with van der Waals surface area (Å²) in [6.45, 7) is 0.124. The molecule has 0 spiro atoms. The largest absolute Gasteiger partial charge is 0.507 e. The van der Waals surface area contributed by atoms with E-state index in [0.29, 0.717) is 53.1 Å². The Hall–Kier alpha value is -3.40. The fraction of sp³-hybridized carbons (Fsp3) is 0.318. The van der Waals surface area contributed by atoms with Gasteiger partial charge in [0.25, 0.3) is 0 Å². The van der Waals surface area contributed by atoms with Crippen LogP contribution in [0, 0.1) is 0 Å². The standard InChI is InChI=1S/C22H21F3N6O/c1-30-10-13-8-15(20(32)9-19(13)29-30)16-2-3-18-17(27-16)4-5-21(28-18)31-7-6-14(11-31)26-12-22(23,24)25/h2-5,8-10,14,26,32H,6-7,11-12H2,1H3/t14-/m1/s1. The van der Waals surface area contributed by atoms with Crippen LogP contribution in [0.1, 0.15) is 6.42 Å². The topological polar surface area (TPSA) is 79.1 Å². The molecule has 10 heteroatoms. The number of aromatic hydroxyl groups is 1. The normalized spacial score (nSPS) is 17.0. The highest BCUT2D eigenvalue weighted by molar-refractivity contribution is 5.88. The van der Waals surface area contributed by atoms with E-state index >= 15 is 0 Å². The van der Waals surface area contributed by atoms with Crippen molar-refractivity contribution in [1.29, 1.82) is 0 Å². The van der Waals surface area contributed by atoms with E-state index in [-0.39, 0.29) is 11.8 Å². The lowest BCUT2D eigenvalue weighted by Crippen LogP contribution is -2.38. The number of hydrogen-bond donors (Lipinski definition) is 2. The molecule has 0 unspecified atom stereocenters. The van der Waals surface area contributed by atoms with Crippen molar-refractivity contribution < 1.29 is 18.3 Å². The quantitative estimate of drug-likeness (QED) is 0.503. The lowest BCUT2D eigenvalue weighted by Gasteiger charge is -2.19. The van der Waals surface area contributed by atoms with Crippen LogP contribution in [0.3, 0.4) is 0 Å². The van der Waals surface area contributed by atoms with E-state index in [1.807, 2.05) is 42.4 Å². The third-order valence-corrected chi connectivity index (χ3v) is 5.64. The van der Waals surface area contributed by atoms with Crippen LogP contribution < -0.4 is 10.2 Å². The molecular formula is C22H21F3N6O. The fourth-order valence-electron chi connectivity index (χ4n) is 4.11. The number of pyridine rings is 2. The van der Waals surface area contributed by atoms with Crippen molar-refractivity contribution in [3.8, 4) is 17.0 Å². The SMILES string of the molecule is Cn1cc2cc(-c3ccc4nc(N5CC[C@@H](NCC(F)(F)F)C5)ccc4n3)c(O)cc2n1. The van der Waals surface area contributed by atoms with Gasteiger partial charge in [-0.2, -0.15) is 18.3 Å². The molecule has 3 aromatic heterocycles. The van der Waals surface area contributed by atoms with Gasteiger partial charge in [0.15, 0.2) is 0 Å². The monoisotopic (exact) mass is 442 g/mol. The predicted molar refractivity (Wildman–Crippen MR) is 116 cm³/mol. The van der Waals surface area contributed by atoms with Crippen LogP contribution in [0.5, 0.6) is 5.75 Å². The molecule has 1 atom stereocenters. The Labute approximate surface area is 181 Å². The van der Waals surface area contributed by atoms with E-state index in [4.69, 9.17) is 0 Å². The second-order valence-corrected chi connectivity index (χ2v) is 8.06. The van der Waals surface area contributed by atoms with Crippen LogP contribution in [-0.2, 0) is 7.05 Å². The van der Waals surface area contributed by atoms with Gasteiger partial charge in [0, 0.05) is 49.4 Å². The highest BCUT2D eigenvalue weighted by Crippen LogP contribution is 2.33. The Balaban J connectivity index is 1.38. The Morgan fingerprint density at radius 3 is 2.69 bits per heavy atom. The number of hydrogen-bond acceptors (Lipinski definition) is 6. The second-order valence-electron chi connectivity index (χ2n) is 8.06. The number of nitrogens with one attached hydrogen (secondary N) is 1. The van der Waals surface area contributed by atoms with Gasteiger partial charge < -0.3 is 15.3 Å². The molecule has 4 aromatic rings. The lowest BCUT2D eigenvalue weighted by atomic mass is 10.1. The number of fused-ring (bicyclic) bond motifs is 2. The van der Waals surface area contributed by atoms with Gasteiger partial charge in [-0.05, 0) is 36.8 Å². The Bertz CT molecular complexity index is 1300. The first-order valence-electron chi connectivity index (χ1n) is 10.2. The molecule has 1 aliphatic rings. The van der Waals surface area contributed by atoms with Crippen molar-refractivity contribution in [3.05, 3.63) is 42.6 Å². The molecule has 32 heavy (non-hydrogen) atoms. The zero-order valence-electron chi connectivity index (χ0n) is 17.3. The number of phenols is 1. The zero-order valence-corrected chi connectivity index (χ0v) is 17.3. The highest BCUT2D eigenvalue weighted by atomic mass is 19.4. The summed E-state index contributed by atoms with van der Waals surface area (Å²) in [5.41, 5.74) is 3.28. The lowest BCUT2D eigenvalue weighted by molar-refractivity contribution is -0.125. The third kappa shape index (κ3) is 4.05. The summed E-state index contributed by atoms with van der Waals surface area (Å²) < 4.78 is 39.0. The van der Waals surface area contributed by atoms with Crippen molar-refractivity contribution in [3.63, 3.8) is 0 Å². The number of anilines is 1. The average molecular weight is 442 g/mol. The van der Waals surface area contributed by atoms with Gasteiger partial charge in [-0.25, -0.2) is 9.97 Å². The van der Waals surface area contributed by atoms with Crippen LogP contribution in [0.2, 0.25) is 0 Å². The number of aromatic nitrogens is 4. The number of aryl methyl sites for hydroxylation is 1. The number of halogens is 3. The second kappa shape index (κ2) is 7.63. The molecule has 1 saturated heterocycles. The predicted octanol–water partition coefficient (Wildman–Crippen LogP) is 3.62. The minimum Gasteiger partial charge on any atom is -0.507 e. The first kappa shape index (κ1) is 20.5. The van der Waals surface area contributed by atoms with E-state index < -0.39 is 12.7 Å². The van der Waals surface area contributed by atoms with Crippen molar-refractivity contribution in [2.75, 3.05) is 24.5 Å². The molecule has 2 N–H and O–H groups in total. The summed E-state index contributed by atoms with van der Waals surface area (Å²) in [5, 5.41) is 18.2. The number of benzene rings is 1. The number of rotatable bonds is 4. The molecular weight excluding hydrogens is 421 g/mol. The first-order chi connectivity index (χ1) is 15.2. The summed E-state index contributed by atoms with van der Waals surface area (Å²) in [5.74, 6) is 0.810. The van der Waals surface area contributed by atoms with E-state index in [0.717, 1.165) is 5.39 Å². The van der Waals surface area contributed by atoms with Gasteiger partial charge in [0.1, 0.15) is 11.6 Å². The summed E-state index contributed by atoms with van der Waals surface area (Å²) in [4.78, 5) is 11.3. The maximum Gasteiger partial charge on any atom is 0.401 e. The number of phenolic OH excluding ortho intramolecular Hbond substituents is 1. The minimum absolute atomic E-state index is 0.0992. The molecule has 1 aromatic carbocycles. The molecule has 1 aliphatic heterocycles. The average Bonchev–Trinajstić information content (AvgIpc) is 3.36. The molecule has 0 radical (unpaired) electrons. The summed E-state index contributed by atoms with van der Waals surface area (Å²) in [6.07, 6.45) is -1.71. The molecule has 1 fully saturated rings. The Morgan fingerprint density at radius 2 is 1.88 bits per heavy atom. The van der Waals surface area contributed by atoms with Crippen molar-refractivity contribution >= 4 is 27.8 Å². The van der Waals surface area contributed by atoms with Crippen LogP contribution in [-0.4, -0.2) is 56.7 Å². The van der Waals surface area contributed by atoms with E-state index in [1.54, 1.807) is 16.8 Å². The van der Waals surface area contributed by atoms with Crippen LogP contribution in [0.15, 0.2) is 42.6 Å². The van der Waals surface area contributed by atoms with Crippen molar-refractivity contribution in [2.24, 2.45) is 7.05 Å². The number of alkyl halides is 3. The molecule has 5 rings (SSSR count). The van der Waals surface area contributed by atoms with Crippen LogP contribution in [0.4, 0.5) is 19.0 Å². The molecule has 7 nitrogen and oxygen atoms in total. The number of nitrogens with zero attached hydrogens (tertiary/aromatic N) is 5. The van der Waals surface area contributed by atoms with Gasteiger partial charge in [0.2, 0.25) is 0 Å². The van der Waals surface area contributed by atoms with Gasteiger partial charge in [0.05, 0.1) is 28.8 Å². The van der Waals surface area contributed by atoms with Crippen LogP contribution in [0.25, 0.3) is 33.2 Å². The van der Waals surface area contributed by atoms with Gasteiger partial charge in [-0.15, -0.1) is 0 Å². The summed E-state index contributed by atoms with van der Waals surface area (Å²) >= 11 is 0. The fourth-order valence-corrected chi connectivity index (χ4v) is 4.11. The van der Waals surface area contributed by atoms with Gasteiger partial charge >= 0.3 is 6.18 Å². The molecule has 0 amide bonds. The molecule has 0 saturated carbocycles. The Morgan fingerprint density at radius 1 is 1.09 bits per heavy atom. The van der Waals surface area contributed by atoms with Crippen LogP contribution >= 0.6 is 0 Å². The van der Waals surface area contributed by atoms with E-state index in [2.05, 4.69) is 20.4 Å². The maximum absolute atomic E-state index is 12.4. The zero-order chi connectivity index (χ0) is 22.5. The van der Waals surface area contributed by atoms with E-state index in [1.165, 1.54) is 0 Å². The molecule has 0 bridgehead atoms. The smallest absolute Gasteiger partial charge is 0.401 e. The molecule has 166 valence electrons. The van der Waals surface area contributed by atoms with Crippen molar-refractivity contribution in [1.82, 2.24) is 25.1 Å². The van der Waals surface area contributed by atoms with Gasteiger partial charge in [-0.1, -0.05) is 0 Å². The van der Waals surface area contributed by atoms with Gasteiger partial charge in [-0.3, -0.25) is 4.68 Å². The first-order valence-corrected chi connectivity index (χ1v) is 10.2. The van der Waals surface area contributed by atoms with E-state index in [9.17, 15) is 18.3 Å².